The highest BCUT2D eigenvalue weighted by atomic mass is 16.5. The van der Waals surface area contributed by atoms with Crippen molar-refractivity contribution in [2.45, 2.75) is 51.5 Å². The van der Waals surface area contributed by atoms with Crippen LogP contribution in [0.25, 0.3) is 10.9 Å². The van der Waals surface area contributed by atoms with Crippen LogP contribution in [-0.2, 0) is 12.8 Å². The smallest absolute Gasteiger partial charge is 0.162 e. The zero-order valence-electron chi connectivity index (χ0n) is 16.8. The van der Waals surface area contributed by atoms with Crippen LogP contribution in [0.4, 0.5) is 5.69 Å². The lowest BCUT2D eigenvalue weighted by Gasteiger charge is -2.23. The number of ether oxygens (including phenoxy) is 2. The molecule has 1 fully saturated rings. The maximum atomic E-state index is 5.57. The summed E-state index contributed by atoms with van der Waals surface area (Å²) >= 11 is 0. The van der Waals surface area contributed by atoms with Gasteiger partial charge in [0.1, 0.15) is 0 Å². The number of aryl methyl sites for hydroxylation is 1. The fraction of sp³-hybridized carbons (Fsp3) is 0.591. The molecule has 1 aromatic carbocycles. The molecule has 5 nitrogen and oxygen atoms in total. The number of nitrogens with one attached hydrogen (secondary N) is 1. The molecule has 0 spiro atoms. The minimum Gasteiger partial charge on any atom is -0.493 e. The largest absolute Gasteiger partial charge is 0.493 e. The van der Waals surface area contributed by atoms with Crippen molar-refractivity contribution in [3.63, 3.8) is 0 Å². The number of hydrogen-bond donors (Lipinski definition) is 1. The Kier molecular flexibility index (Phi) is 5.39. The molecule has 1 atom stereocenters. The number of anilines is 1. The Morgan fingerprint density at radius 3 is 2.67 bits per heavy atom. The van der Waals surface area contributed by atoms with Gasteiger partial charge in [0.25, 0.3) is 0 Å². The molecule has 2 aromatic rings. The van der Waals surface area contributed by atoms with Gasteiger partial charge in [-0.25, -0.2) is 0 Å². The SMILES string of the molecule is CCN1CCC[C@@H](Nc2c3c(nc4cc(OC)c(OC)cc24)CCC3)CC1. The van der Waals surface area contributed by atoms with Gasteiger partial charge in [0.15, 0.2) is 11.5 Å². The Hall–Kier alpha value is -2.01. The summed E-state index contributed by atoms with van der Waals surface area (Å²) in [5, 5.41) is 5.09. The molecule has 0 unspecified atom stereocenters. The molecule has 0 bridgehead atoms. The highest BCUT2D eigenvalue weighted by Crippen LogP contribution is 2.40. The number of methoxy groups -OCH3 is 2. The van der Waals surface area contributed by atoms with Crippen molar-refractivity contribution < 1.29 is 9.47 Å². The number of benzene rings is 1. The van der Waals surface area contributed by atoms with Crippen LogP contribution >= 0.6 is 0 Å². The second-order valence-electron chi connectivity index (χ2n) is 7.70. The Morgan fingerprint density at radius 2 is 1.89 bits per heavy atom. The van der Waals surface area contributed by atoms with E-state index in [0.29, 0.717) is 6.04 Å². The highest BCUT2D eigenvalue weighted by Gasteiger charge is 2.24. The van der Waals surface area contributed by atoms with Crippen LogP contribution in [-0.4, -0.2) is 49.8 Å². The monoisotopic (exact) mass is 369 g/mol. The lowest BCUT2D eigenvalue weighted by Crippen LogP contribution is -2.26. The maximum absolute atomic E-state index is 5.57. The van der Waals surface area contributed by atoms with E-state index in [4.69, 9.17) is 14.5 Å². The Balaban J connectivity index is 1.74. The van der Waals surface area contributed by atoms with E-state index in [-0.39, 0.29) is 0 Å². The third kappa shape index (κ3) is 3.57. The molecular weight excluding hydrogens is 338 g/mol. The molecule has 0 radical (unpaired) electrons. The van der Waals surface area contributed by atoms with Gasteiger partial charge in [0.05, 0.1) is 19.7 Å². The van der Waals surface area contributed by atoms with Crippen LogP contribution in [0.5, 0.6) is 11.5 Å². The standard InChI is InChI=1S/C22H31N3O2/c1-4-25-11-6-7-15(10-12-25)23-22-16-8-5-9-18(16)24-19-14-21(27-3)20(26-2)13-17(19)22/h13-15H,4-12H2,1-3H3,(H,23,24)/t15-/m1/s1. The summed E-state index contributed by atoms with van der Waals surface area (Å²) in [4.78, 5) is 7.51. The molecule has 4 rings (SSSR count). The molecule has 1 saturated heterocycles. The molecule has 0 saturated carbocycles. The van der Waals surface area contributed by atoms with Crippen LogP contribution in [0, 0.1) is 0 Å². The number of pyridine rings is 1. The quantitative estimate of drug-likeness (QED) is 0.862. The van der Waals surface area contributed by atoms with Gasteiger partial charge in [0.2, 0.25) is 0 Å². The number of aromatic nitrogens is 1. The molecule has 1 aliphatic heterocycles. The van der Waals surface area contributed by atoms with E-state index in [9.17, 15) is 0 Å². The zero-order valence-corrected chi connectivity index (χ0v) is 16.8. The second kappa shape index (κ2) is 7.93. The zero-order chi connectivity index (χ0) is 18.8. The topological polar surface area (TPSA) is 46.6 Å². The van der Waals surface area contributed by atoms with Gasteiger partial charge in [-0.2, -0.15) is 0 Å². The summed E-state index contributed by atoms with van der Waals surface area (Å²) in [5.41, 5.74) is 4.94. The van der Waals surface area contributed by atoms with Crippen molar-refractivity contribution >= 4 is 16.6 Å². The van der Waals surface area contributed by atoms with Gasteiger partial charge in [-0.15, -0.1) is 0 Å². The van der Waals surface area contributed by atoms with Crippen molar-refractivity contribution in [3.8, 4) is 11.5 Å². The van der Waals surface area contributed by atoms with E-state index in [1.165, 1.54) is 55.7 Å². The Morgan fingerprint density at radius 1 is 1.07 bits per heavy atom. The number of nitrogens with zero attached hydrogens (tertiary/aromatic N) is 2. The summed E-state index contributed by atoms with van der Waals surface area (Å²) < 4.78 is 11.1. The van der Waals surface area contributed by atoms with E-state index < -0.39 is 0 Å². The molecule has 1 N–H and O–H groups in total. The summed E-state index contributed by atoms with van der Waals surface area (Å²) in [7, 11) is 3.38. The number of hydrogen-bond acceptors (Lipinski definition) is 5. The lowest BCUT2D eigenvalue weighted by atomic mass is 10.0. The minimum absolute atomic E-state index is 0.518. The summed E-state index contributed by atoms with van der Waals surface area (Å²) in [6, 6.07) is 4.63. The van der Waals surface area contributed by atoms with Gasteiger partial charge >= 0.3 is 0 Å². The molecule has 27 heavy (non-hydrogen) atoms. The van der Waals surface area contributed by atoms with Crippen molar-refractivity contribution in [1.82, 2.24) is 9.88 Å². The first-order valence-electron chi connectivity index (χ1n) is 10.3. The summed E-state index contributed by atoms with van der Waals surface area (Å²) in [6.07, 6.45) is 7.05. The van der Waals surface area contributed by atoms with E-state index in [2.05, 4.69) is 23.2 Å². The van der Waals surface area contributed by atoms with Gasteiger partial charge in [-0.1, -0.05) is 6.92 Å². The molecule has 0 amide bonds. The predicted molar refractivity (Wildman–Crippen MR) is 110 cm³/mol. The first-order chi connectivity index (χ1) is 13.2. The lowest BCUT2D eigenvalue weighted by molar-refractivity contribution is 0.300. The van der Waals surface area contributed by atoms with E-state index in [1.807, 2.05) is 6.07 Å². The number of likely N-dealkylation sites (tertiary alicyclic amines) is 1. The van der Waals surface area contributed by atoms with E-state index in [0.717, 1.165) is 41.8 Å². The number of rotatable bonds is 5. The van der Waals surface area contributed by atoms with Crippen LogP contribution < -0.4 is 14.8 Å². The van der Waals surface area contributed by atoms with Crippen molar-refractivity contribution in [1.29, 1.82) is 0 Å². The minimum atomic E-state index is 0.518. The fourth-order valence-electron chi connectivity index (χ4n) is 4.57. The molecule has 2 aliphatic rings. The first-order valence-corrected chi connectivity index (χ1v) is 10.3. The Labute approximate surface area is 162 Å². The van der Waals surface area contributed by atoms with Crippen LogP contribution in [0.1, 0.15) is 43.9 Å². The van der Waals surface area contributed by atoms with Crippen molar-refractivity contribution in [2.24, 2.45) is 0 Å². The predicted octanol–water partition coefficient (Wildman–Crippen LogP) is 4.03. The second-order valence-corrected chi connectivity index (χ2v) is 7.70. The van der Waals surface area contributed by atoms with E-state index >= 15 is 0 Å². The van der Waals surface area contributed by atoms with Gasteiger partial charge in [-0.05, 0) is 63.2 Å². The molecule has 1 aromatic heterocycles. The molecule has 1 aliphatic carbocycles. The normalized spacial score (nSPS) is 20.3. The van der Waals surface area contributed by atoms with Crippen molar-refractivity contribution in [3.05, 3.63) is 23.4 Å². The van der Waals surface area contributed by atoms with Gasteiger partial charge < -0.3 is 19.7 Å². The third-order valence-electron chi connectivity index (χ3n) is 6.13. The van der Waals surface area contributed by atoms with Gasteiger partial charge in [0, 0.05) is 35.4 Å². The molecule has 2 heterocycles. The Bertz CT molecular complexity index is 821. The average Bonchev–Trinajstić information content (AvgIpc) is 3.04. The summed E-state index contributed by atoms with van der Waals surface area (Å²) in [5.74, 6) is 1.51. The fourth-order valence-corrected chi connectivity index (χ4v) is 4.57. The van der Waals surface area contributed by atoms with E-state index in [1.54, 1.807) is 14.2 Å². The summed E-state index contributed by atoms with van der Waals surface area (Å²) in [6.45, 7) is 5.80. The average molecular weight is 370 g/mol. The maximum Gasteiger partial charge on any atom is 0.162 e. The van der Waals surface area contributed by atoms with Crippen LogP contribution in [0.3, 0.4) is 0 Å². The van der Waals surface area contributed by atoms with Crippen LogP contribution in [0.2, 0.25) is 0 Å². The first kappa shape index (κ1) is 18.4. The van der Waals surface area contributed by atoms with Crippen molar-refractivity contribution in [2.75, 3.05) is 39.2 Å². The van der Waals surface area contributed by atoms with Crippen LogP contribution in [0.15, 0.2) is 12.1 Å². The molecular formula is C22H31N3O2. The van der Waals surface area contributed by atoms with Gasteiger partial charge in [-0.3, -0.25) is 4.98 Å². The molecule has 5 heteroatoms. The third-order valence-corrected chi connectivity index (χ3v) is 6.13. The molecule has 146 valence electrons. The highest BCUT2D eigenvalue weighted by molar-refractivity contribution is 5.96. The number of fused-ring (bicyclic) bond motifs is 2.